The molecule has 0 unspecified atom stereocenters. The summed E-state index contributed by atoms with van der Waals surface area (Å²) in [5.41, 5.74) is 1.87. The van der Waals surface area contributed by atoms with Gasteiger partial charge in [0.25, 0.3) is 0 Å². The van der Waals surface area contributed by atoms with E-state index in [4.69, 9.17) is 16.3 Å². The van der Waals surface area contributed by atoms with E-state index in [9.17, 15) is 0 Å². The summed E-state index contributed by atoms with van der Waals surface area (Å²) in [5, 5.41) is 4.05. The van der Waals surface area contributed by atoms with Crippen molar-refractivity contribution < 1.29 is 4.74 Å². The number of hydrogen-bond acceptors (Lipinski definition) is 4. The summed E-state index contributed by atoms with van der Waals surface area (Å²) in [4.78, 5) is 8.59. The number of halogens is 1. The first kappa shape index (κ1) is 15.7. The second-order valence-corrected chi connectivity index (χ2v) is 6.24. The third-order valence-electron chi connectivity index (χ3n) is 2.81. The molecular weight excluding hydrogens is 286 g/mol. The Morgan fingerprint density at radius 2 is 1.90 bits per heavy atom. The van der Waals surface area contributed by atoms with Gasteiger partial charge < -0.3 is 10.1 Å². The zero-order valence-corrected chi connectivity index (χ0v) is 13.3. The minimum absolute atomic E-state index is 0.0565. The highest BCUT2D eigenvalue weighted by Gasteiger charge is 2.09. The van der Waals surface area contributed by atoms with Crippen molar-refractivity contribution in [3.8, 4) is 5.88 Å². The van der Waals surface area contributed by atoms with E-state index in [0.717, 1.165) is 11.3 Å². The number of rotatable bonds is 5. The highest BCUT2D eigenvalue weighted by Crippen LogP contribution is 2.17. The Labute approximate surface area is 130 Å². The molecule has 0 radical (unpaired) electrons. The first-order valence-electron chi connectivity index (χ1n) is 6.86. The number of nitrogens with one attached hydrogen (secondary N) is 1. The van der Waals surface area contributed by atoms with Gasteiger partial charge in [-0.3, -0.25) is 4.98 Å². The Morgan fingerprint density at radius 3 is 2.52 bits per heavy atom. The molecule has 112 valence electrons. The lowest BCUT2D eigenvalue weighted by atomic mass is 10.1. The standard InChI is InChI=1S/C16H20ClN3O/c1-16(2,3)20-9-13-8-19-15(10-18-13)21-11-12-6-4-5-7-14(12)17/h4-8,10,20H,9,11H2,1-3H3. The highest BCUT2D eigenvalue weighted by molar-refractivity contribution is 6.31. The maximum absolute atomic E-state index is 6.08. The number of hydrogen-bond donors (Lipinski definition) is 1. The summed E-state index contributed by atoms with van der Waals surface area (Å²) < 4.78 is 5.59. The monoisotopic (exact) mass is 305 g/mol. The van der Waals surface area contributed by atoms with Crippen molar-refractivity contribution in [3.63, 3.8) is 0 Å². The van der Waals surface area contributed by atoms with E-state index in [1.807, 2.05) is 24.3 Å². The number of nitrogens with zero attached hydrogens (tertiary/aromatic N) is 2. The van der Waals surface area contributed by atoms with Crippen LogP contribution < -0.4 is 10.1 Å². The Kier molecular flexibility index (Phi) is 5.15. The highest BCUT2D eigenvalue weighted by atomic mass is 35.5. The van der Waals surface area contributed by atoms with Crippen LogP contribution >= 0.6 is 11.6 Å². The molecule has 1 heterocycles. The minimum Gasteiger partial charge on any atom is -0.472 e. The zero-order valence-electron chi connectivity index (χ0n) is 12.6. The lowest BCUT2D eigenvalue weighted by Crippen LogP contribution is -2.35. The smallest absolute Gasteiger partial charge is 0.232 e. The molecule has 5 heteroatoms. The fourth-order valence-electron chi connectivity index (χ4n) is 1.63. The van der Waals surface area contributed by atoms with Crippen LogP contribution in [-0.4, -0.2) is 15.5 Å². The van der Waals surface area contributed by atoms with E-state index < -0.39 is 0 Å². The van der Waals surface area contributed by atoms with E-state index in [1.54, 1.807) is 12.4 Å². The van der Waals surface area contributed by atoms with Crippen LogP contribution in [0.5, 0.6) is 5.88 Å². The number of benzene rings is 1. The van der Waals surface area contributed by atoms with Gasteiger partial charge in [-0.2, -0.15) is 0 Å². The van der Waals surface area contributed by atoms with E-state index in [0.29, 0.717) is 24.1 Å². The molecule has 21 heavy (non-hydrogen) atoms. The molecule has 2 aromatic rings. The van der Waals surface area contributed by atoms with Gasteiger partial charge >= 0.3 is 0 Å². The Morgan fingerprint density at radius 1 is 1.14 bits per heavy atom. The summed E-state index contributed by atoms with van der Waals surface area (Å²) >= 11 is 6.08. The third kappa shape index (κ3) is 5.33. The van der Waals surface area contributed by atoms with Crippen LogP contribution in [-0.2, 0) is 13.2 Å². The molecule has 0 saturated heterocycles. The quantitative estimate of drug-likeness (QED) is 0.917. The maximum atomic E-state index is 6.08. The van der Waals surface area contributed by atoms with Crippen LogP contribution in [0.15, 0.2) is 36.7 Å². The predicted octanol–water partition coefficient (Wildman–Crippen LogP) is 3.60. The molecule has 0 aliphatic rings. The van der Waals surface area contributed by atoms with Crippen molar-refractivity contribution >= 4 is 11.6 Å². The van der Waals surface area contributed by atoms with Gasteiger partial charge in [0.15, 0.2) is 0 Å². The van der Waals surface area contributed by atoms with Gasteiger partial charge in [-0.25, -0.2) is 4.98 Å². The summed E-state index contributed by atoms with van der Waals surface area (Å²) in [7, 11) is 0. The predicted molar refractivity (Wildman–Crippen MR) is 84.4 cm³/mol. The van der Waals surface area contributed by atoms with Crippen LogP contribution in [0.4, 0.5) is 0 Å². The van der Waals surface area contributed by atoms with Crippen LogP contribution in [0.2, 0.25) is 5.02 Å². The van der Waals surface area contributed by atoms with Crippen molar-refractivity contribution in [2.75, 3.05) is 0 Å². The molecule has 0 amide bonds. The van der Waals surface area contributed by atoms with Crippen LogP contribution in [0.1, 0.15) is 32.0 Å². The summed E-state index contributed by atoms with van der Waals surface area (Å²) in [6, 6.07) is 7.59. The molecule has 0 aliphatic heterocycles. The first-order chi connectivity index (χ1) is 9.94. The lowest BCUT2D eigenvalue weighted by molar-refractivity contribution is 0.292. The molecule has 0 atom stereocenters. The van der Waals surface area contributed by atoms with Gasteiger partial charge in [-0.15, -0.1) is 0 Å². The Hall–Kier alpha value is -1.65. The normalized spacial score (nSPS) is 11.4. The van der Waals surface area contributed by atoms with Crippen LogP contribution in [0.3, 0.4) is 0 Å². The molecule has 0 spiro atoms. The van der Waals surface area contributed by atoms with Crippen molar-refractivity contribution in [2.45, 2.75) is 39.5 Å². The summed E-state index contributed by atoms with van der Waals surface area (Å²) in [6.45, 7) is 7.40. The molecule has 0 fully saturated rings. The summed E-state index contributed by atoms with van der Waals surface area (Å²) in [5.74, 6) is 0.495. The number of aromatic nitrogens is 2. The Bertz CT molecular complexity index is 579. The van der Waals surface area contributed by atoms with Gasteiger partial charge in [0.2, 0.25) is 5.88 Å². The minimum atomic E-state index is 0.0565. The van der Waals surface area contributed by atoms with Gasteiger partial charge in [-0.05, 0) is 26.8 Å². The second kappa shape index (κ2) is 6.87. The van der Waals surface area contributed by atoms with E-state index in [1.165, 1.54) is 0 Å². The molecule has 0 aliphatic carbocycles. The average molecular weight is 306 g/mol. The largest absolute Gasteiger partial charge is 0.472 e. The average Bonchev–Trinajstić information content (AvgIpc) is 2.45. The van der Waals surface area contributed by atoms with Crippen LogP contribution in [0, 0.1) is 0 Å². The third-order valence-corrected chi connectivity index (χ3v) is 3.18. The van der Waals surface area contributed by atoms with Crippen molar-refractivity contribution in [1.29, 1.82) is 0 Å². The van der Waals surface area contributed by atoms with Crippen molar-refractivity contribution in [3.05, 3.63) is 52.9 Å². The fraction of sp³-hybridized carbons (Fsp3) is 0.375. The molecule has 1 N–H and O–H groups in total. The molecule has 1 aromatic carbocycles. The van der Waals surface area contributed by atoms with E-state index in [2.05, 4.69) is 36.1 Å². The molecular formula is C16H20ClN3O. The second-order valence-electron chi connectivity index (χ2n) is 5.83. The van der Waals surface area contributed by atoms with Gasteiger partial charge in [-0.1, -0.05) is 29.8 Å². The summed E-state index contributed by atoms with van der Waals surface area (Å²) in [6.07, 6.45) is 3.36. The van der Waals surface area contributed by atoms with E-state index in [-0.39, 0.29) is 5.54 Å². The molecule has 2 rings (SSSR count). The SMILES string of the molecule is CC(C)(C)NCc1cnc(OCc2ccccc2Cl)cn1. The molecule has 4 nitrogen and oxygen atoms in total. The van der Waals surface area contributed by atoms with Crippen molar-refractivity contribution in [1.82, 2.24) is 15.3 Å². The lowest BCUT2D eigenvalue weighted by Gasteiger charge is -2.19. The topological polar surface area (TPSA) is 47.0 Å². The Balaban J connectivity index is 1.89. The van der Waals surface area contributed by atoms with Crippen molar-refractivity contribution in [2.24, 2.45) is 0 Å². The molecule has 1 aromatic heterocycles. The molecule has 0 bridgehead atoms. The molecule has 0 saturated carbocycles. The fourth-order valence-corrected chi connectivity index (χ4v) is 1.82. The number of ether oxygens (including phenoxy) is 1. The maximum Gasteiger partial charge on any atom is 0.232 e. The zero-order chi connectivity index (χ0) is 15.3. The first-order valence-corrected chi connectivity index (χ1v) is 7.24. The van der Waals surface area contributed by atoms with Gasteiger partial charge in [0.1, 0.15) is 6.61 Å². The van der Waals surface area contributed by atoms with Gasteiger partial charge in [0, 0.05) is 22.7 Å². The van der Waals surface area contributed by atoms with E-state index >= 15 is 0 Å². The van der Waals surface area contributed by atoms with Gasteiger partial charge in [0.05, 0.1) is 18.1 Å². The van der Waals surface area contributed by atoms with Crippen LogP contribution in [0.25, 0.3) is 0 Å².